The molecule has 0 aliphatic heterocycles. The normalized spacial score (nSPS) is 13.4. The van der Waals surface area contributed by atoms with Gasteiger partial charge in [-0.2, -0.15) is 13.2 Å². The summed E-state index contributed by atoms with van der Waals surface area (Å²) in [5.74, 6) is -0.0966. The van der Waals surface area contributed by atoms with Crippen LogP contribution in [0.15, 0.2) is 24.3 Å². The molecule has 0 saturated carbocycles. The fraction of sp³-hybridized carbons (Fsp3) is 0.500. The highest BCUT2D eigenvalue weighted by molar-refractivity contribution is 5.82. The molecule has 4 heteroatoms. The van der Waals surface area contributed by atoms with Crippen LogP contribution in [0.1, 0.15) is 37.8 Å². The highest BCUT2D eigenvalue weighted by Crippen LogP contribution is 2.29. The Hall–Kier alpha value is -1.32. The van der Waals surface area contributed by atoms with Gasteiger partial charge >= 0.3 is 6.18 Å². The maximum atomic E-state index is 12.5. The number of hydrogen-bond acceptors (Lipinski definition) is 1. The molecule has 1 unspecified atom stereocenters. The highest BCUT2D eigenvalue weighted by atomic mass is 19.4. The molecule has 1 aromatic carbocycles. The maximum absolute atomic E-state index is 12.5. The lowest BCUT2D eigenvalue weighted by Crippen LogP contribution is -2.14. The Kier molecular flexibility index (Phi) is 4.93. The van der Waals surface area contributed by atoms with Crippen LogP contribution in [0.2, 0.25) is 0 Å². The van der Waals surface area contributed by atoms with Gasteiger partial charge in [-0.3, -0.25) is 4.79 Å². The fourth-order valence-corrected chi connectivity index (χ4v) is 1.83. The van der Waals surface area contributed by atoms with E-state index in [-0.39, 0.29) is 18.1 Å². The number of hydrogen-bond donors (Lipinski definition) is 0. The van der Waals surface area contributed by atoms with Crippen molar-refractivity contribution in [3.05, 3.63) is 35.4 Å². The standard InChI is InChI=1S/C14H17F3O/c1-3-5-10(2)13(18)9-11-6-4-7-12(8-11)14(15,16)17/h4,6-8,10H,3,5,9H2,1-2H3. The third kappa shape index (κ3) is 4.17. The summed E-state index contributed by atoms with van der Waals surface area (Å²) in [7, 11) is 0. The quantitative estimate of drug-likeness (QED) is 0.771. The predicted molar refractivity (Wildman–Crippen MR) is 64.2 cm³/mol. The van der Waals surface area contributed by atoms with E-state index in [0.29, 0.717) is 5.56 Å². The number of rotatable bonds is 5. The maximum Gasteiger partial charge on any atom is 0.416 e. The molecule has 0 aliphatic carbocycles. The summed E-state index contributed by atoms with van der Waals surface area (Å²) in [5, 5.41) is 0. The van der Waals surface area contributed by atoms with Crippen LogP contribution in [-0.4, -0.2) is 5.78 Å². The SMILES string of the molecule is CCCC(C)C(=O)Cc1cccc(C(F)(F)F)c1. The van der Waals surface area contributed by atoms with Crippen molar-refractivity contribution in [2.24, 2.45) is 5.92 Å². The van der Waals surface area contributed by atoms with E-state index in [1.165, 1.54) is 6.07 Å². The molecule has 1 rings (SSSR count). The lowest BCUT2D eigenvalue weighted by molar-refractivity contribution is -0.137. The van der Waals surface area contributed by atoms with Crippen molar-refractivity contribution >= 4 is 5.78 Å². The minimum atomic E-state index is -4.35. The van der Waals surface area contributed by atoms with Crippen LogP contribution in [0.5, 0.6) is 0 Å². The minimum Gasteiger partial charge on any atom is -0.299 e. The summed E-state index contributed by atoms with van der Waals surface area (Å²) in [6.45, 7) is 3.80. The zero-order valence-corrected chi connectivity index (χ0v) is 10.6. The molecule has 0 fully saturated rings. The Bertz CT molecular complexity index is 410. The van der Waals surface area contributed by atoms with E-state index in [1.807, 2.05) is 13.8 Å². The van der Waals surface area contributed by atoms with Crippen molar-refractivity contribution in [3.63, 3.8) is 0 Å². The minimum absolute atomic E-state index is 0.00354. The smallest absolute Gasteiger partial charge is 0.299 e. The van der Waals surface area contributed by atoms with Crippen LogP contribution >= 0.6 is 0 Å². The molecule has 0 amide bonds. The van der Waals surface area contributed by atoms with Crippen LogP contribution in [-0.2, 0) is 17.4 Å². The molecule has 1 atom stereocenters. The average molecular weight is 258 g/mol. The second kappa shape index (κ2) is 6.03. The van der Waals surface area contributed by atoms with Gasteiger partial charge < -0.3 is 0 Å². The van der Waals surface area contributed by atoms with Crippen molar-refractivity contribution in [1.29, 1.82) is 0 Å². The Morgan fingerprint density at radius 2 is 2.00 bits per heavy atom. The first-order valence-electron chi connectivity index (χ1n) is 6.03. The van der Waals surface area contributed by atoms with Crippen LogP contribution in [0.25, 0.3) is 0 Å². The number of benzene rings is 1. The summed E-state index contributed by atoms with van der Waals surface area (Å²) >= 11 is 0. The van der Waals surface area contributed by atoms with Gasteiger partial charge in [-0.25, -0.2) is 0 Å². The molecule has 0 N–H and O–H groups in total. The second-order valence-corrected chi connectivity index (χ2v) is 4.53. The Morgan fingerprint density at radius 1 is 1.33 bits per heavy atom. The van der Waals surface area contributed by atoms with E-state index in [9.17, 15) is 18.0 Å². The van der Waals surface area contributed by atoms with E-state index in [0.717, 1.165) is 25.0 Å². The summed E-state index contributed by atoms with van der Waals surface area (Å²) in [5.41, 5.74) is -0.270. The van der Waals surface area contributed by atoms with Crippen molar-refractivity contribution in [2.75, 3.05) is 0 Å². The molecular formula is C14H17F3O. The second-order valence-electron chi connectivity index (χ2n) is 4.53. The molecule has 0 spiro atoms. The zero-order valence-electron chi connectivity index (χ0n) is 10.6. The molecule has 100 valence electrons. The molecule has 0 aromatic heterocycles. The van der Waals surface area contributed by atoms with Gasteiger partial charge in [-0.05, 0) is 18.1 Å². The van der Waals surface area contributed by atoms with Crippen LogP contribution < -0.4 is 0 Å². The van der Waals surface area contributed by atoms with Crippen LogP contribution in [0.4, 0.5) is 13.2 Å². The Balaban J connectivity index is 2.77. The molecule has 0 radical (unpaired) electrons. The molecule has 18 heavy (non-hydrogen) atoms. The van der Waals surface area contributed by atoms with Crippen molar-refractivity contribution in [3.8, 4) is 0 Å². The monoisotopic (exact) mass is 258 g/mol. The van der Waals surface area contributed by atoms with Gasteiger partial charge in [-0.15, -0.1) is 0 Å². The number of alkyl halides is 3. The Morgan fingerprint density at radius 3 is 2.56 bits per heavy atom. The lowest BCUT2D eigenvalue weighted by Gasteiger charge is -2.11. The van der Waals surface area contributed by atoms with Gasteiger partial charge in [-0.1, -0.05) is 38.5 Å². The molecule has 0 aliphatic rings. The first-order chi connectivity index (χ1) is 8.34. The summed E-state index contributed by atoms with van der Waals surface area (Å²) in [6, 6.07) is 4.97. The zero-order chi connectivity index (χ0) is 13.8. The molecule has 0 heterocycles. The summed E-state index contributed by atoms with van der Waals surface area (Å²) in [6.07, 6.45) is -2.60. The van der Waals surface area contributed by atoms with E-state index >= 15 is 0 Å². The number of halogens is 3. The van der Waals surface area contributed by atoms with Crippen molar-refractivity contribution in [2.45, 2.75) is 39.3 Å². The Labute approximate surface area is 105 Å². The number of Topliss-reactive ketones (excluding diaryl/α,β-unsaturated/α-hetero) is 1. The van der Waals surface area contributed by atoms with Crippen molar-refractivity contribution < 1.29 is 18.0 Å². The van der Waals surface area contributed by atoms with Gasteiger partial charge in [0.15, 0.2) is 0 Å². The summed E-state index contributed by atoms with van der Waals surface area (Å²) < 4.78 is 37.5. The first-order valence-corrected chi connectivity index (χ1v) is 6.03. The van der Waals surface area contributed by atoms with E-state index in [2.05, 4.69) is 0 Å². The van der Waals surface area contributed by atoms with Gasteiger partial charge in [0.05, 0.1) is 5.56 Å². The molecule has 1 aromatic rings. The summed E-state index contributed by atoms with van der Waals surface area (Å²) in [4.78, 5) is 11.8. The predicted octanol–water partition coefficient (Wildman–Crippen LogP) is 4.25. The molecule has 0 saturated heterocycles. The third-order valence-corrected chi connectivity index (χ3v) is 2.90. The van der Waals surface area contributed by atoms with Gasteiger partial charge in [0.2, 0.25) is 0 Å². The lowest BCUT2D eigenvalue weighted by atomic mass is 9.95. The van der Waals surface area contributed by atoms with E-state index in [1.54, 1.807) is 6.07 Å². The number of carbonyl (C=O) groups excluding carboxylic acids is 1. The van der Waals surface area contributed by atoms with E-state index < -0.39 is 11.7 Å². The molecule has 1 nitrogen and oxygen atoms in total. The van der Waals surface area contributed by atoms with Gasteiger partial charge in [0.25, 0.3) is 0 Å². The van der Waals surface area contributed by atoms with Gasteiger partial charge in [0, 0.05) is 12.3 Å². The molecular weight excluding hydrogens is 241 g/mol. The highest BCUT2D eigenvalue weighted by Gasteiger charge is 2.30. The first kappa shape index (κ1) is 14.7. The van der Waals surface area contributed by atoms with Gasteiger partial charge in [0.1, 0.15) is 5.78 Å². The fourth-order valence-electron chi connectivity index (χ4n) is 1.83. The largest absolute Gasteiger partial charge is 0.416 e. The van der Waals surface area contributed by atoms with Crippen LogP contribution in [0.3, 0.4) is 0 Å². The average Bonchev–Trinajstić information content (AvgIpc) is 2.28. The third-order valence-electron chi connectivity index (χ3n) is 2.90. The number of carbonyl (C=O) groups is 1. The molecule has 0 bridgehead atoms. The van der Waals surface area contributed by atoms with Crippen LogP contribution in [0, 0.1) is 5.92 Å². The van der Waals surface area contributed by atoms with Crippen molar-refractivity contribution in [1.82, 2.24) is 0 Å². The topological polar surface area (TPSA) is 17.1 Å². The van der Waals surface area contributed by atoms with E-state index in [4.69, 9.17) is 0 Å². The number of ketones is 1.